The molecular formula is C26H25N5O4. The van der Waals surface area contributed by atoms with Gasteiger partial charge in [0.1, 0.15) is 11.4 Å². The van der Waals surface area contributed by atoms with Crippen molar-refractivity contribution in [3.05, 3.63) is 89.0 Å². The zero-order valence-corrected chi connectivity index (χ0v) is 19.3. The third-order valence-electron chi connectivity index (χ3n) is 6.05. The molecule has 0 aromatic heterocycles. The summed E-state index contributed by atoms with van der Waals surface area (Å²) in [6.45, 7) is 1.56. The van der Waals surface area contributed by atoms with E-state index in [2.05, 4.69) is 5.10 Å². The second kappa shape index (κ2) is 9.46. The molecule has 2 aromatic rings. The molecule has 1 saturated heterocycles. The number of pyridine rings is 1. The topological polar surface area (TPSA) is 89.7 Å². The number of fused-ring (bicyclic) bond motifs is 1. The number of hydrogen-bond acceptors (Lipinski definition) is 5. The summed E-state index contributed by atoms with van der Waals surface area (Å²) in [6.07, 6.45) is 3.38. The van der Waals surface area contributed by atoms with Crippen LogP contribution < -0.4 is 10.3 Å². The lowest BCUT2D eigenvalue weighted by atomic mass is 10.1. The first-order valence-corrected chi connectivity index (χ1v) is 11.4. The van der Waals surface area contributed by atoms with Crippen molar-refractivity contribution in [2.45, 2.75) is 0 Å². The van der Waals surface area contributed by atoms with Crippen LogP contribution in [0.15, 0.2) is 77.9 Å². The predicted molar refractivity (Wildman–Crippen MR) is 130 cm³/mol. The number of nitrogens with zero attached hydrogens (tertiary/aromatic N) is 5. The first-order valence-electron chi connectivity index (χ1n) is 11.4. The molecule has 9 heteroatoms. The molecule has 0 N–H and O–H groups in total. The monoisotopic (exact) mass is 471 g/mol. The minimum Gasteiger partial charge on any atom is -0.484 e. The van der Waals surface area contributed by atoms with Crippen LogP contribution in [0, 0.1) is 0 Å². The van der Waals surface area contributed by atoms with E-state index in [0.717, 1.165) is 0 Å². The Hall–Kier alpha value is -4.40. The maximum absolute atomic E-state index is 13.4. The van der Waals surface area contributed by atoms with Crippen molar-refractivity contribution in [3.8, 4) is 22.7 Å². The quantitative estimate of drug-likeness (QED) is 0.444. The van der Waals surface area contributed by atoms with Crippen LogP contribution in [-0.4, -0.2) is 68.7 Å². The average Bonchev–Trinajstić information content (AvgIpc) is 3.23. The third kappa shape index (κ3) is 4.52. The summed E-state index contributed by atoms with van der Waals surface area (Å²) >= 11 is 0. The first-order chi connectivity index (χ1) is 17.0. The number of amides is 2. The molecule has 0 unspecified atom stereocenters. The van der Waals surface area contributed by atoms with Gasteiger partial charge in [-0.1, -0.05) is 36.4 Å². The zero-order chi connectivity index (χ0) is 24.4. The number of benzene rings is 2. The molecule has 0 radical (unpaired) electrons. The van der Waals surface area contributed by atoms with Gasteiger partial charge in [-0.15, -0.1) is 0 Å². The molecule has 0 aliphatic carbocycles. The van der Waals surface area contributed by atoms with E-state index in [-0.39, 0.29) is 24.0 Å². The SMILES string of the molecule is Cn1cc(C(=O)N2CCN(C(=O)COc3ccccc3)CC2)c2nn(-c3ccccc3)c(=O)c-2c1. The summed E-state index contributed by atoms with van der Waals surface area (Å²) in [5, 5.41) is 4.50. The van der Waals surface area contributed by atoms with E-state index in [1.807, 2.05) is 36.4 Å². The second-order valence-corrected chi connectivity index (χ2v) is 8.43. The smallest absolute Gasteiger partial charge is 0.282 e. The fraction of sp³-hybridized carbons (Fsp3) is 0.231. The van der Waals surface area contributed by atoms with Crippen LogP contribution in [0.3, 0.4) is 0 Å². The molecule has 0 bridgehead atoms. The Morgan fingerprint density at radius 2 is 1.51 bits per heavy atom. The number of rotatable bonds is 5. The fourth-order valence-electron chi connectivity index (χ4n) is 4.22. The lowest BCUT2D eigenvalue weighted by molar-refractivity contribution is -0.134. The summed E-state index contributed by atoms with van der Waals surface area (Å²) in [4.78, 5) is 42.4. The van der Waals surface area contributed by atoms with E-state index < -0.39 is 0 Å². The number of aromatic nitrogens is 3. The summed E-state index contributed by atoms with van der Waals surface area (Å²) in [7, 11) is 1.78. The van der Waals surface area contributed by atoms with E-state index in [1.165, 1.54) is 4.68 Å². The summed E-state index contributed by atoms with van der Waals surface area (Å²) in [5.74, 6) is 0.312. The summed E-state index contributed by atoms with van der Waals surface area (Å²) < 4.78 is 8.59. The van der Waals surface area contributed by atoms with Gasteiger partial charge in [-0.05, 0) is 24.3 Å². The van der Waals surface area contributed by atoms with E-state index in [9.17, 15) is 14.4 Å². The van der Waals surface area contributed by atoms with Crippen LogP contribution in [0.2, 0.25) is 0 Å². The van der Waals surface area contributed by atoms with E-state index in [1.54, 1.807) is 58.1 Å². The minimum atomic E-state index is -0.273. The molecule has 0 atom stereocenters. The number of aryl methyl sites for hydroxylation is 1. The van der Waals surface area contributed by atoms with E-state index in [4.69, 9.17) is 4.74 Å². The van der Waals surface area contributed by atoms with E-state index >= 15 is 0 Å². The molecule has 0 saturated carbocycles. The van der Waals surface area contributed by atoms with Crippen molar-refractivity contribution in [2.24, 2.45) is 7.05 Å². The Kier molecular flexibility index (Phi) is 6.05. The highest BCUT2D eigenvalue weighted by molar-refractivity contribution is 6.00. The van der Waals surface area contributed by atoms with Crippen molar-refractivity contribution >= 4 is 11.8 Å². The lowest BCUT2D eigenvalue weighted by Gasteiger charge is -2.35. The van der Waals surface area contributed by atoms with Gasteiger partial charge in [0.15, 0.2) is 6.61 Å². The van der Waals surface area contributed by atoms with Gasteiger partial charge in [0.05, 0.1) is 16.8 Å². The minimum absolute atomic E-state index is 0.0453. The van der Waals surface area contributed by atoms with Crippen LogP contribution in [0.4, 0.5) is 0 Å². The molecule has 5 rings (SSSR count). The zero-order valence-electron chi connectivity index (χ0n) is 19.3. The van der Waals surface area contributed by atoms with Crippen LogP contribution in [0.5, 0.6) is 5.75 Å². The Morgan fingerprint density at radius 3 is 2.20 bits per heavy atom. The number of piperazine rings is 1. The second-order valence-electron chi connectivity index (χ2n) is 8.43. The Labute approximate surface area is 202 Å². The standard InChI is InChI=1S/C26H25N5O4/c1-28-16-21(24-22(17-28)26(34)31(27-24)19-8-4-2-5-9-19)25(33)30-14-12-29(13-15-30)23(32)18-35-20-10-6-3-7-11-20/h2-11,16-17H,12-15,18H2,1H3. The number of ether oxygens (including phenoxy) is 1. The van der Waals surface area contributed by atoms with Gasteiger partial charge in [0, 0.05) is 45.6 Å². The van der Waals surface area contributed by atoms with Gasteiger partial charge in [0.2, 0.25) is 0 Å². The number of para-hydroxylation sites is 2. The van der Waals surface area contributed by atoms with Gasteiger partial charge < -0.3 is 19.1 Å². The lowest BCUT2D eigenvalue weighted by Crippen LogP contribution is -2.51. The highest BCUT2D eigenvalue weighted by Gasteiger charge is 2.30. The molecule has 2 amide bonds. The van der Waals surface area contributed by atoms with Gasteiger partial charge in [-0.3, -0.25) is 14.4 Å². The Balaban J connectivity index is 1.30. The highest BCUT2D eigenvalue weighted by atomic mass is 16.5. The van der Waals surface area contributed by atoms with E-state index in [0.29, 0.717) is 54.4 Å². The molecule has 2 aromatic carbocycles. The molecule has 0 spiro atoms. The predicted octanol–water partition coefficient (Wildman–Crippen LogP) is 2.04. The van der Waals surface area contributed by atoms with Crippen molar-refractivity contribution < 1.29 is 14.3 Å². The molecular weight excluding hydrogens is 446 g/mol. The van der Waals surface area contributed by atoms with Crippen molar-refractivity contribution in [3.63, 3.8) is 0 Å². The van der Waals surface area contributed by atoms with Crippen LogP contribution in [-0.2, 0) is 11.8 Å². The molecule has 1 fully saturated rings. The van der Waals surface area contributed by atoms with Crippen LogP contribution >= 0.6 is 0 Å². The number of carbonyl (C=O) groups is 2. The van der Waals surface area contributed by atoms with Crippen molar-refractivity contribution in [1.82, 2.24) is 24.1 Å². The molecule has 3 aliphatic rings. The number of carbonyl (C=O) groups excluding carboxylic acids is 2. The Morgan fingerprint density at radius 1 is 0.886 bits per heavy atom. The van der Waals surface area contributed by atoms with Crippen molar-refractivity contribution in [1.29, 1.82) is 0 Å². The Bertz CT molecular complexity index is 1370. The molecule has 35 heavy (non-hydrogen) atoms. The third-order valence-corrected chi connectivity index (χ3v) is 6.05. The maximum Gasteiger partial charge on any atom is 0.282 e. The molecule has 178 valence electrons. The largest absolute Gasteiger partial charge is 0.484 e. The normalized spacial score (nSPS) is 13.7. The first kappa shape index (κ1) is 22.4. The van der Waals surface area contributed by atoms with Gasteiger partial charge in [-0.25, -0.2) is 0 Å². The molecule has 3 aliphatic heterocycles. The maximum atomic E-state index is 13.4. The summed E-state index contributed by atoms with van der Waals surface area (Å²) in [6, 6.07) is 18.3. The van der Waals surface area contributed by atoms with Crippen molar-refractivity contribution in [2.75, 3.05) is 32.8 Å². The number of hydrogen-bond donors (Lipinski definition) is 0. The molecule has 9 nitrogen and oxygen atoms in total. The van der Waals surface area contributed by atoms with Crippen LogP contribution in [0.1, 0.15) is 10.4 Å². The molecule has 3 heterocycles. The average molecular weight is 472 g/mol. The van der Waals surface area contributed by atoms with Crippen LogP contribution in [0.25, 0.3) is 16.9 Å². The van der Waals surface area contributed by atoms with Gasteiger partial charge >= 0.3 is 0 Å². The fourth-order valence-corrected chi connectivity index (χ4v) is 4.22. The summed E-state index contributed by atoms with van der Waals surface area (Å²) in [5.41, 5.74) is 1.49. The van der Waals surface area contributed by atoms with Gasteiger partial charge in [0.25, 0.3) is 17.4 Å². The van der Waals surface area contributed by atoms with Gasteiger partial charge in [-0.2, -0.15) is 9.78 Å². The highest BCUT2D eigenvalue weighted by Crippen LogP contribution is 2.23.